The Bertz CT molecular complexity index is 499. The van der Waals surface area contributed by atoms with E-state index in [2.05, 4.69) is 15.6 Å². The van der Waals surface area contributed by atoms with Crippen molar-refractivity contribution in [3.63, 3.8) is 0 Å². The normalized spacial score (nSPS) is 11.8. The molecule has 21 heavy (non-hydrogen) atoms. The number of hydrogen-bond donors (Lipinski definition) is 3. The van der Waals surface area contributed by atoms with E-state index in [0.717, 1.165) is 0 Å². The third-order valence-corrected chi connectivity index (χ3v) is 4.01. The van der Waals surface area contributed by atoms with Gasteiger partial charge in [-0.2, -0.15) is 0 Å². The van der Waals surface area contributed by atoms with Crippen molar-refractivity contribution >= 4 is 34.1 Å². The van der Waals surface area contributed by atoms with Crippen LogP contribution < -0.4 is 16.4 Å². The first-order valence-electron chi connectivity index (χ1n) is 7.04. The minimum Gasteiger partial charge on any atom is -0.382 e. The molecule has 0 bridgehead atoms. The molecule has 1 atom stereocenters. The monoisotopic (exact) mass is 313 g/mol. The van der Waals surface area contributed by atoms with E-state index in [0.29, 0.717) is 29.6 Å². The number of rotatable bonds is 7. The van der Waals surface area contributed by atoms with Gasteiger partial charge in [0.15, 0.2) is 5.13 Å². The molecule has 0 aliphatic heterocycles. The lowest BCUT2D eigenvalue weighted by atomic mass is 10.2. The molecule has 1 rings (SSSR count). The Morgan fingerprint density at radius 3 is 2.48 bits per heavy atom. The van der Waals surface area contributed by atoms with Gasteiger partial charge in [-0.1, -0.05) is 11.3 Å². The van der Waals surface area contributed by atoms with Gasteiger partial charge in [0.05, 0.1) is 0 Å². The summed E-state index contributed by atoms with van der Waals surface area (Å²) < 4.78 is 0. The van der Waals surface area contributed by atoms with Crippen LogP contribution in [0.1, 0.15) is 37.4 Å². The summed E-state index contributed by atoms with van der Waals surface area (Å²) >= 11 is 1.18. The van der Waals surface area contributed by atoms with Crippen molar-refractivity contribution in [1.29, 1.82) is 0 Å². The molecule has 118 valence electrons. The predicted molar refractivity (Wildman–Crippen MR) is 85.5 cm³/mol. The zero-order valence-corrected chi connectivity index (χ0v) is 13.7. The summed E-state index contributed by atoms with van der Waals surface area (Å²) in [4.78, 5) is 30.4. The molecule has 1 aromatic rings. The molecule has 8 heteroatoms. The highest BCUT2D eigenvalue weighted by Gasteiger charge is 2.23. The molecule has 0 aliphatic carbocycles. The molecule has 1 heterocycles. The molecular formula is C13H23N5O2S. The van der Waals surface area contributed by atoms with Gasteiger partial charge in [-0.15, -0.1) is 0 Å². The van der Waals surface area contributed by atoms with E-state index in [1.165, 1.54) is 11.3 Å². The number of carbonyl (C=O) groups excluding carboxylic acids is 2. The molecule has 2 amide bonds. The zero-order chi connectivity index (χ0) is 16.0. The van der Waals surface area contributed by atoms with Gasteiger partial charge in [-0.05, 0) is 27.7 Å². The van der Waals surface area contributed by atoms with Crippen molar-refractivity contribution in [2.24, 2.45) is 0 Å². The molecule has 4 N–H and O–H groups in total. The molecule has 1 unspecified atom stereocenters. The zero-order valence-electron chi connectivity index (χ0n) is 12.9. The highest BCUT2D eigenvalue weighted by Crippen LogP contribution is 2.24. The van der Waals surface area contributed by atoms with Gasteiger partial charge >= 0.3 is 0 Å². The lowest BCUT2D eigenvalue weighted by Gasteiger charge is -2.23. The summed E-state index contributed by atoms with van der Waals surface area (Å²) in [7, 11) is 0. The van der Waals surface area contributed by atoms with Crippen LogP contribution in [0.5, 0.6) is 0 Å². The van der Waals surface area contributed by atoms with Crippen LogP contribution in [0.15, 0.2) is 0 Å². The SMILES string of the molecule is CCNc1nc(N)c(C(=O)NC(C)C(=O)N(CC)CC)s1. The van der Waals surface area contributed by atoms with Crippen LogP contribution in [0, 0.1) is 0 Å². The van der Waals surface area contributed by atoms with Crippen molar-refractivity contribution in [3.8, 4) is 0 Å². The molecule has 0 spiro atoms. The van der Waals surface area contributed by atoms with Crippen LogP contribution >= 0.6 is 11.3 Å². The first-order valence-corrected chi connectivity index (χ1v) is 7.85. The molecule has 0 aliphatic rings. The Kier molecular flexibility index (Phi) is 6.41. The number of nitrogens with zero attached hydrogens (tertiary/aromatic N) is 2. The number of amides is 2. The van der Waals surface area contributed by atoms with Crippen LogP contribution in [0.25, 0.3) is 0 Å². The van der Waals surface area contributed by atoms with Crippen LogP contribution in [0.4, 0.5) is 10.9 Å². The van der Waals surface area contributed by atoms with Crippen molar-refractivity contribution in [1.82, 2.24) is 15.2 Å². The van der Waals surface area contributed by atoms with Crippen molar-refractivity contribution < 1.29 is 9.59 Å². The molecule has 1 aromatic heterocycles. The van der Waals surface area contributed by atoms with Gasteiger partial charge in [-0.3, -0.25) is 9.59 Å². The number of thiazole rings is 1. The lowest BCUT2D eigenvalue weighted by Crippen LogP contribution is -2.46. The fourth-order valence-corrected chi connectivity index (χ4v) is 2.71. The van der Waals surface area contributed by atoms with E-state index in [4.69, 9.17) is 5.73 Å². The smallest absolute Gasteiger partial charge is 0.265 e. The van der Waals surface area contributed by atoms with Gasteiger partial charge in [0.2, 0.25) is 5.91 Å². The topological polar surface area (TPSA) is 100 Å². The molecule has 0 saturated heterocycles. The number of nitrogen functional groups attached to an aromatic ring is 1. The number of nitrogens with one attached hydrogen (secondary N) is 2. The number of anilines is 2. The first-order chi connectivity index (χ1) is 9.94. The second-order valence-corrected chi connectivity index (χ2v) is 5.47. The number of likely N-dealkylation sites (N-methyl/N-ethyl adjacent to an activating group) is 1. The Balaban J connectivity index is 2.74. The van der Waals surface area contributed by atoms with Crippen LogP contribution in [0.2, 0.25) is 0 Å². The fraction of sp³-hybridized carbons (Fsp3) is 0.615. The molecular weight excluding hydrogens is 290 g/mol. The van der Waals surface area contributed by atoms with Crippen molar-refractivity contribution in [3.05, 3.63) is 4.88 Å². The third kappa shape index (κ3) is 4.32. The summed E-state index contributed by atoms with van der Waals surface area (Å²) in [6.45, 7) is 9.33. The van der Waals surface area contributed by atoms with Gasteiger partial charge in [-0.25, -0.2) is 4.98 Å². The summed E-state index contributed by atoms with van der Waals surface area (Å²) in [6, 6.07) is -0.596. The van der Waals surface area contributed by atoms with Crippen LogP contribution in [-0.2, 0) is 4.79 Å². The standard InChI is InChI=1S/C13H23N5O2S/c1-5-15-13-17-10(14)9(21-13)11(19)16-8(4)12(20)18(6-2)7-3/h8H,5-7,14H2,1-4H3,(H,15,17)(H,16,19). The van der Waals surface area contributed by atoms with Crippen LogP contribution in [0.3, 0.4) is 0 Å². The van der Waals surface area contributed by atoms with Gasteiger partial charge in [0.25, 0.3) is 5.91 Å². The van der Waals surface area contributed by atoms with Gasteiger partial charge in [0, 0.05) is 19.6 Å². The number of aromatic nitrogens is 1. The number of hydrogen-bond acceptors (Lipinski definition) is 6. The highest BCUT2D eigenvalue weighted by atomic mass is 32.1. The fourth-order valence-electron chi connectivity index (χ4n) is 1.85. The summed E-state index contributed by atoms with van der Waals surface area (Å²) in [5, 5.41) is 6.28. The van der Waals surface area contributed by atoms with E-state index in [-0.39, 0.29) is 17.6 Å². The summed E-state index contributed by atoms with van der Waals surface area (Å²) in [5.41, 5.74) is 5.74. The van der Waals surface area contributed by atoms with Crippen molar-refractivity contribution in [2.75, 3.05) is 30.7 Å². The molecule has 0 fully saturated rings. The maximum atomic E-state index is 12.2. The molecule has 0 aromatic carbocycles. The number of nitrogens with two attached hydrogens (primary N) is 1. The summed E-state index contributed by atoms with van der Waals surface area (Å²) in [5.74, 6) is -0.304. The largest absolute Gasteiger partial charge is 0.382 e. The second-order valence-electron chi connectivity index (χ2n) is 4.47. The third-order valence-electron chi connectivity index (χ3n) is 2.98. The van der Waals surface area contributed by atoms with Crippen molar-refractivity contribution in [2.45, 2.75) is 33.7 Å². The van der Waals surface area contributed by atoms with Crippen LogP contribution in [-0.4, -0.2) is 47.4 Å². The van der Waals surface area contributed by atoms with Gasteiger partial charge < -0.3 is 21.3 Å². The van der Waals surface area contributed by atoms with E-state index < -0.39 is 6.04 Å². The predicted octanol–water partition coefficient (Wildman–Crippen LogP) is 1.14. The Morgan fingerprint density at radius 2 is 1.95 bits per heavy atom. The van der Waals surface area contributed by atoms with E-state index in [1.54, 1.807) is 11.8 Å². The van der Waals surface area contributed by atoms with E-state index in [9.17, 15) is 9.59 Å². The minimum absolute atomic E-state index is 0.108. The molecule has 7 nitrogen and oxygen atoms in total. The second kappa shape index (κ2) is 7.82. The summed E-state index contributed by atoms with van der Waals surface area (Å²) in [6.07, 6.45) is 0. The maximum absolute atomic E-state index is 12.2. The van der Waals surface area contributed by atoms with Gasteiger partial charge in [0.1, 0.15) is 16.7 Å². The van der Waals surface area contributed by atoms with E-state index >= 15 is 0 Å². The molecule has 0 radical (unpaired) electrons. The first kappa shape index (κ1) is 17.2. The average Bonchev–Trinajstić information content (AvgIpc) is 2.81. The average molecular weight is 313 g/mol. The Labute approximate surface area is 128 Å². The molecule has 0 saturated carbocycles. The Hall–Kier alpha value is -1.83. The quantitative estimate of drug-likeness (QED) is 0.701. The number of carbonyl (C=O) groups is 2. The Morgan fingerprint density at radius 1 is 1.33 bits per heavy atom. The minimum atomic E-state index is -0.596. The highest BCUT2D eigenvalue weighted by molar-refractivity contribution is 7.18. The van der Waals surface area contributed by atoms with E-state index in [1.807, 2.05) is 20.8 Å². The maximum Gasteiger partial charge on any atom is 0.265 e. The lowest BCUT2D eigenvalue weighted by molar-refractivity contribution is -0.132.